The van der Waals surface area contributed by atoms with Gasteiger partial charge in [0.25, 0.3) is 0 Å². The van der Waals surface area contributed by atoms with Crippen molar-refractivity contribution in [2.75, 3.05) is 0 Å². The van der Waals surface area contributed by atoms with Gasteiger partial charge in [-0.15, -0.1) is 11.3 Å². The maximum atomic E-state index is 6.01. The molecule has 1 aromatic rings. The van der Waals surface area contributed by atoms with E-state index in [0.29, 0.717) is 12.0 Å². The van der Waals surface area contributed by atoms with Gasteiger partial charge in [0.05, 0.1) is 3.79 Å². The van der Waals surface area contributed by atoms with Gasteiger partial charge >= 0.3 is 0 Å². The standard InChI is InChI=1S/C10H16BrNS/c1-7(2)5-8(12)6-9-3-4-10(11)13-9/h3-4,7-8H,5-6,12H2,1-2H3. The van der Waals surface area contributed by atoms with Crippen molar-refractivity contribution in [1.82, 2.24) is 0 Å². The fourth-order valence-electron chi connectivity index (χ4n) is 1.41. The smallest absolute Gasteiger partial charge is 0.0701 e. The van der Waals surface area contributed by atoms with Crippen LogP contribution < -0.4 is 5.73 Å². The van der Waals surface area contributed by atoms with E-state index in [4.69, 9.17) is 5.73 Å². The zero-order valence-corrected chi connectivity index (χ0v) is 10.5. The fourth-order valence-corrected chi connectivity index (χ4v) is 2.98. The van der Waals surface area contributed by atoms with Crippen LogP contribution in [0, 0.1) is 5.92 Å². The van der Waals surface area contributed by atoms with E-state index in [0.717, 1.165) is 12.8 Å². The zero-order valence-electron chi connectivity index (χ0n) is 8.09. The van der Waals surface area contributed by atoms with Crippen LogP contribution in [0.4, 0.5) is 0 Å². The molecule has 0 aromatic carbocycles. The SMILES string of the molecule is CC(C)CC(N)Cc1ccc(Br)s1. The molecule has 1 rings (SSSR count). The molecule has 0 saturated heterocycles. The molecule has 1 heterocycles. The molecule has 0 bridgehead atoms. The highest BCUT2D eigenvalue weighted by molar-refractivity contribution is 9.11. The molecule has 0 aliphatic carbocycles. The molecular formula is C10H16BrNS. The maximum absolute atomic E-state index is 6.01. The summed E-state index contributed by atoms with van der Waals surface area (Å²) in [6.45, 7) is 4.42. The van der Waals surface area contributed by atoms with Crippen molar-refractivity contribution >= 4 is 27.3 Å². The Hall–Kier alpha value is 0.140. The van der Waals surface area contributed by atoms with E-state index in [1.165, 1.54) is 8.66 Å². The Morgan fingerprint density at radius 1 is 1.46 bits per heavy atom. The van der Waals surface area contributed by atoms with Crippen LogP contribution in [-0.4, -0.2) is 6.04 Å². The number of hydrogen-bond acceptors (Lipinski definition) is 2. The van der Waals surface area contributed by atoms with Crippen LogP contribution in [0.1, 0.15) is 25.1 Å². The molecule has 1 aromatic heterocycles. The van der Waals surface area contributed by atoms with Crippen LogP contribution in [0.15, 0.2) is 15.9 Å². The molecular weight excluding hydrogens is 246 g/mol. The third-order valence-electron chi connectivity index (χ3n) is 1.87. The van der Waals surface area contributed by atoms with Gasteiger partial charge in [-0.3, -0.25) is 0 Å². The van der Waals surface area contributed by atoms with Crippen LogP contribution in [0.5, 0.6) is 0 Å². The third-order valence-corrected chi connectivity index (χ3v) is 3.51. The Morgan fingerprint density at radius 3 is 2.62 bits per heavy atom. The molecule has 0 amide bonds. The summed E-state index contributed by atoms with van der Waals surface area (Å²) in [5.74, 6) is 0.693. The van der Waals surface area contributed by atoms with Gasteiger partial charge < -0.3 is 5.73 Å². The molecule has 0 aliphatic rings. The maximum Gasteiger partial charge on any atom is 0.0701 e. The molecule has 3 heteroatoms. The summed E-state index contributed by atoms with van der Waals surface area (Å²) in [4.78, 5) is 1.38. The van der Waals surface area contributed by atoms with Crippen molar-refractivity contribution in [1.29, 1.82) is 0 Å². The number of thiophene rings is 1. The minimum absolute atomic E-state index is 0.311. The Kier molecular flexibility index (Phi) is 4.42. The lowest BCUT2D eigenvalue weighted by Crippen LogP contribution is -2.24. The summed E-state index contributed by atoms with van der Waals surface area (Å²) in [5, 5.41) is 0. The Labute approximate surface area is 92.5 Å². The van der Waals surface area contributed by atoms with Gasteiger partial charge in [-0.1, -0.05) is 13.8 Å². The van der Waals surface area contributed by atoms with Crippen molar-refractivity contribution in [3.8, 4) is 0 Å². The quantitative estimate of drug-likeness (QED) is 0.883. The predicted octanol–water partition coefficient (Wildman–Crippen LogP) is 3.43. The summed E-state index contributed by atoms with van der Waals surface area (Å²) < 4.78 is 1.19. The predicted molar refractivity (Wildman–Crippen MR) is 63.2 cm³/mol. The lowest BCUT2D eigenvalue weighted by Gasteiger charge is -2.12. The highest BCUT2D eigenvalue weighted by atomic mass is 79.9. The van der Waals surface area contributed by atoms with E-state index in [-0.39, 0.29) is 0 Å². The Morgan fingerprint density at radius 2 is 2.15 bits per heavy atom. The van der Waals surface area contributed by atoms with Gasteiger partial charge in [0, 0.05) is 10.9 Å². The summed E-state index contributed by atoms with van der Waals surface area (Å²) in [7, 11) is 0. The summed E-state index contributed by atoms with van der Waals surface area (Å²) in [5.41, 5.74) is 6.01. The van der Waals surface area contributed by atoms with Gasteiger partial charge in [0.1, 0.15) is 0 Å². The molecule has 74 valence electrons. The number of rotatable bonds is 4. The fraction of sp³-hybridized carbons (Fsp3) is 0.600. The topological polar surface area (TPSA) is 26.0 Å². The molecule has 1 atom stereocenters. The molecule has 1 unspecified atom stereocenters. The highest BCUT2D eigenvalue weighted by Gasteiger charge is 2.07. The monoisotopic (exact) mass is 261 g/mol. The first kappa shape index (κ1) is 11.2. The molecule has 0 fully saturated rings. The van der Waals surface area contributed by atoms with E-state index >= 15 is 0 Å². The number of nitrogens with two attached hydrogens (primary N) is 1. The van der Waals surface area contributed by atoms with E-state index < -0.39 is 0 Å². The second-order valence-corrected chi connectivity index (χ2v) is 6.35. The van der Waals surface area contributed by atoms with Crippen LogP contribution in [0.2, 0.25) is 0 Å². The normalized spacial score (nSPS) is 13.6. The minimum atomic E-state index is 0.311. The van der Waals surface area contributed by atoms with Gasteiger partial charge in [-0.05, 0) is 46.8 Å². The van der Waals surface area contributed by atoms with Crippen molar-refractivity contribution in [2.24, 2.45) is 11.7 Å². The van der Waals surface area contributed by atoms with Crippen molar-refractivity contribution in [3.05, 3.63) is 20.8 Å². The Bertz CT molecular complexity index is 257. The lowest BCUT2D eigenvalue weighted by atomic mass is 10.0. The highest BCUT2D eigenvalue weighted by Crippen LogP contribution is 2.23. The first-order chi connectivity index (χ1) is 6.08. The van der Waals surface area contributed by atoms with E-state index in [2.05, 4.69) is 41.9 Å². The molecule has 2 N–H and O–H groups in total. The van der Waals surface area contributed by atoms with Gasteiger partial charge in [0.15, 0.2) is 0 Å². The first-order valence-electron chi connectivity index (χ1n) is 4.57. The number of hydrogen-bond donors (Lipinski definition) is 1. The second kappa shape index (κ2) is 5.13. The third kappa shape index (κ3) is 4.25. The second-order valence-electron chi connectivity index (χ2n) is 3.80. The van der Waals surface area contributed by atoms with Gasteiger partial charge in [-0.2, -0.15) is 0 Å². The van der Waals surface area contributed by atoms with Gasteiger partial charge in [0.2, 0.25) is 0 Å². The van der Waals surface area contributed by atoms with Gasteiger partial charge in [-0.25, -0.2) is 0 Å². The van der Waals surface area contributed by atoms with Crippen molar-refractivity contribution in [2.45, 2.75) is 32.7 Å². The molecule has 0 aliphatic heterocycles. The van der Waals surface area contributed by atoms with E-state index in [1.807, 2.05) is 0 Å². The summed E-state index contributed by atoms with van der Waals surface area (Å²) in [6, 6.07) is 4.54. The zero-order chi connectivity index (χ0) is 9.84. The lowest BCUT2D eigenvalue weighted by molar-refractivity contribution is 0.495. The molecule has 13 heavy (non-hydrogen) atoms. The number of halogens is 1. The molecule has 0 spiro atoms. The van der Waals surface area contributed by atoms with Crippen LogP contribution in [0.3, 0.4) is 0 Å². The average molecular weight is 262 g/mol. The largest absolute Gasteiger partial charge is 0.327 e. The first-order valence-corrected chi connectivity index (χ1v) is 6.18. The summed E-state index contributed by atoms with van der Waals surface area (Å²) in [6.07, 6.45) is 2.12. The van der Waals surface area contributed by atoms with Crippen molar-refractivity contribution < 1.29 is 0 Å². The van der Waals surface area contributed by atoms with Crippen LogP contribution in [0.25, 0.3) is 0 Å². The van der Waals surface area contributed by atoms with E-state index in [9.17, 15) is 0 Å². The van der Waals surface area contributed by atoms with Crippen LogP contribution >= 0.6 is 27.3 Å². The summed E-state index contributed by atoms with van der Waals surface area (Å²) >= 11 is 5.23. The minimum Gasteiger partial charge on any atom is -0.327 e. The Balaban J connectivity index is 2.40. The van der Waals surface area contributed by atoms with E-state index in [1.54, 1.807) is 11.3 Å². The average Bonchev–Trinajstić information content (AvgIpc) is 2.33. The molecule has 0 radical (unpaired) electrons. The van der Waals surface area contributed by atoms with Crippen LogP contribution in [-0.2, 0) is 6.42 Å². The molecule has 0 saturated carbocycles. The molecule has 1 nitrogen and oxygen atoms in total. The van der Waals surface area contributed by atoms with Crippen molar-refractivity contribution in [3.63, 3.8) is 0 Å².